The number of hydrogen-bond acceptors (Lipinski definition) is 1. The first-order valence-corrected chi connectivity index (χ1v) is 8.15. The van der Waals surface area contributed by atoms with E-state index in [1.54, 1.807) is 11.3 Å². The smallest absolute Gasteiger partial charge is 0.0504 e. The second-order valence-corrected chi connectivity index (χ2v) is 6.48. The first-order valence-electron chi connectivity index (χ1n) is 8.15. The molecule has 1 aliphatic carbocycles. The molecule has 4 rings (SSSR count). The molecule has 2 aliphatic rings. The normalized spacial score (nSPS) is 22.2. The van der Waals surface area contributed by atoms with Gasteiger partial charge in [0.05, 0.1) is 6.04 Å². The van der Waals surface area contributed by atoms with Crippen LogP contribution in [0.3, 0.4) is 0 Å². The summed E-state index contributed by atoms with van der Waals surface area (Å²) >= 11 is 0. The van der Waals surface area contributed by atoms with E-state index in [0.29, 0.717) is 6.04 Å². The first-order chi connectivity index (χ1) is 9.79. The minimum atomic E-state index is 0.681. The number of rotatable bonds is 2. The molecule has 0 unspecified atom stereocenters. The minimum Gasteiger partial charge on any atom is -0.342 e. The zero-order valence-corrected chi connectivity index (χ0v) is 12.7. The summed E-state index contributed by atoms with van der Waals surface area (Å²) in [5.74, 6) is 0. The van der Waals surface area contributed by atoms with E-state index in [0.717, 1.165) is 0 Å². The number of benzene rings is 1. The van der Waals surface area contributed by atoms with Gasteiger partial charge < -0.3 is 4.57 Å². The molecule has 1 aromatic carbocycles. The van der Waals surface area contributed by atoms with Crippen molar-refractivity contribution in [1.82, 2.24) is 9.47 Å². The van der Waals surface area contributed by atoms with Crippen molar-refractivity contribution in [3.63, 3.8) is 0 Å². The van der Waals surface area contributed by atoms with Crippen molar-refractivity contribution >= 4 is 10.9 Å². The lowest BCUT2D eigenvalue weighted by molar-refractivity contribution is 0.141. The summed E-state index contributed by atoms with van der Waals surface area (Å²) in [5, 5.41) is 1.53. The second-order valence-electron chi connectivity index (χ2n) is 6.48. The molecule has 0 spiro atoms. The van der Waals surface area contributed by atoms with Gasteiger partial charge in [0.15, 0.2) is 0 Å². The quantitative estimate of drug-likeness (QED) is 0.797. The Morgan fingerprint density at radius 3 is 3.00 bits per heavy atom. The number of hydrogen-bond donors (Lipinski definition) is 0. The molecule has 2 aromatic rings. The average molecular weight is 268 g/mol. The van der Waals surface area contributed by atoms with E-state index in [2.05, 4.69) is 41.5 Å². The van der Waals surface area contributed by atoms with Crippen LogP contribution in [0.5, 0.6) is 0 Å². The molecule has 1 aromatic heterocycles. The van der Waals surface area contributed by atoms with Crippen molar-refractivity contribution in [2.75, 3.05) is 13.1 Å². The third-order valence-electron chi connectivity index (χ3n) is 5.15. The number of aryl methyl sites for hydroxylation is 2. The van der Waals surface area contributed by atoms with E-state index in [-0.39, 0.29) is 0 Å². The Morgan fingerprint density at radius 2 is 2.15 bits per heavy atom. The number of nitrogens with zero attached hydrogens (tertiary/aromatic N) is 2. The standard InChI is InChI=1S/C18H24N2/c1-3-9-19-10-11-20-16-8-7-13(2)12-15(16)14-5-4-6-17(19)18(14)20/h7-8,12,17H,3-6,9-11H2,1-2H3/t17-/m1/s1. The molecule has 2 heterocycles. The average Bonchev–Trinajstić information content (AvgIpc) is 2.78. The van der Waals surface area contributed by atoms with Gasteiger partial charge in [-0.15, -0.1) is 0 Å². The molecule has 0 fully saturated rings. The third kappa shape index (κ3) is 1.67. The Labute approximate surface area is 121 Å². The maximum Gasteiger partial charge on any atom is 0.0504 e. The van der Waals surface area contributed by atoms with Crippen LogP contribution < -0.4 is 0 Å². The van der Waals surface area contributed by atoms with Crippen LogP contribution in [0, 0.1) is 6.92 Å². The molecule has 20 heavy (non-hydrogen) atoms. The molecule has 0 saturated heterocycles. The van der Waals surface area contributed by atoms with Gasteiger partial charge in [0.2, 0.25) is 0 Å². The molecule has 0 N–H and O–H groups in total. The number of fused-ring (bicyclic) bond motifs is 3. The topological polar surface area (TPSA) is 8.17 Å². The summed E-state index contributed by atoms with van der Waals surface area (Å²) < 4.78 is 2.63. The second kappa shape index (κ2) is 4.63. The molecule has 0 saturated carbocycles. The molecule has 0 radical (unpaired) electrons. The van der Waals surface area contributed by atoms with E-state index in [4.69, 9.17) is 0 Å². The molecule has 0 amide bonds. The lowest BCUT2D eigenvalue weighted by Crippen LogP contribution is -2.40. The lowest BCUT2D eigenvalue weighted by atomic mass is 9.89. The van der Waals surface area contributed by atoms with Gasteiger partial charge in [-0.05, 0) is 56.8 Å². The van der Waals surface area contributed by atoms with Crippen LogP contribution in [0.4, 0.5) is 0 Å². The van der Waals surface area contributed by atoms with E-state index in [9.17, 15) is 0 Å². The summed E-state index contributed by atoms with van der Waals surface area (Å²) in [7, 11) is 0. The van der Waals surface area contributed by atoms with Crippen LogP contribution in [0.1, 0.15) is 49.0 Å². The van der Waals surface area contributed by atoms with Crippen molar-refractivity contribution < 1.29 is 0 Å². The van der Waals surface area contributed by atoms with Crippen LogP contribution in [0.2, 0.25) is 0 Å². The highest BCUT2D eigenvalue weighted by Crippen LogP contribution is 2.42. The summed E-state index contributed by atoms with van der Waals surface area (Å²) in [6.45, 7) is 8.17. The molecular weight excluding hydrogens is 244 g/mol. The van der Waals surface area contributed by atoms with Gasteiger partial charge >= 0.3 is 0 Å². The highest BCUT2D eigenvalue weighted by atomic mass is 15.2. The highest BCUT2D eigenvalue weighted by molar-refractivity contribution is 5.87. The fourth-order valence-corrected chi connectivity index (χ4v) is 4.35. The minimum absolute atomic E-state index is 0.681. The fraction of sp³-hybridized carbons (Fsp3) is 0.556. The summed E-state index contributed by atoms with van der Waals surface area (Å²) in [6.07, 6.45) is 5.25. The van der Waals surface area contributed by atoms with Crippen molar-refractivity contribution in [2.45, 2.75) is 52.1 Å². The first kappa shape index (κ1) is 12.5. The molecular formula is C18H24N2. The Kier molecular flexibility index (Phi) is 2.88. The Morgan fingerprint density at radius 1 is 1.25 bits per heavy atom. The predicted molar refractivity (Wildman–Crippen MR) is 84.2 cm³/mol. The van der Waals surface area contributed by atoms with Crippen LogP contribution in [-0.4, -0.2) is 22.6 Å². The van der Waals surface area contributed by atoms with E-state index < -0.39 is 0 Å². The van der Waals surface area contributed by atoms with Crippen LogP contribution in [0.25, 0.3) is 10.9 Å². The van der Waals surface area contributed by atoms with Gasteiger partial charge in [-0.2, -0.15) is 0 Å². The van der Waals surface area contributed by atoms with Crippen molar-refractivity contribution in [2.24, 2.45) is 0 Å². The van der Waals surface area contributed by atoms with Crippen LogP contribution in [-0.2, 0) is 13.0 Å². The number of aromatic nitrogens is 1. The molecule has 106 valence electrons. The molecule has 0 bridgehead atoms. The monoisotopic (exact) mass is 268 g/mol. The Balaban J connectivity index is 1.93. The molecule has 2 nitrogen and oxygen atoms in total. The largest absolute Gasteiger partial charge is 0.342 e. The summed E-state index contributed by atoms with van der Waals surface area (Å²) in [6, 6.07) is 7.70. The SMILES string of the molecule is CCCN1CCn2c3c(c4cc(C)ccc42)CCC[C@H]31. The summed E-state index contributed by atoms with van der Waals surface area (Å²) in [5.41, 5.74) is 6.17. The molecule has 2 heteroatoms. The van der Waals surface area contributed by atoms with Crippen molar-refractivity contribution in [3.05, 3.63) is 35.0 Å². The maximum atomic E-state index is 2.73. The summed E-state index contributed by atoms with van der Waals surface area (Å²) in [4.78, 5) is 2.73. The van der Waals surface area contributed by atoms with Gasteiger partial charge in [0, 0.05) is 29.7 Å². The van der Waals surface area contributed by atoms with Crippen molar-refractivity contribution in [1.29, 1.82) is 0 Å². The van der Waals surface area contributed by atoms with E-state index in [1.165, 1.54) is 61.8 Å². The Hall–Kier alpha value is -1.28. The van der Waals surface area contributed by atoms with Gasteiger partial charge in [0.1, 0.15) is 0 Å². The zero-order valence-electron chi connectivity index (χ0n) is 12.7. The van der Waals surface area contributed by atoms with E-state index >= 15 is 0 Å². The van der Waals surface area contributed by atoms with Gasteiger partial charge in [-0.1, -0.05) is 18.6 Å². The van der Waals surface area contributed by atoms with Crippen LogP contribution >= 0.6 is 0 Å². The van der Waals surface area contributed by atoms with Gasteiger partial charge in [-0.3, -0.25) is 4.90 Å². The van der Waals surface area contributed by atoms with Gasteiger partial charge in [-0.25, -0.2) is 0 Å². The highest BCUT2D eigenvalue weighted by Gasteiger charge is 2.34. The molecule has 1 atom stereocenters. The van der Waals surface area contributed by atoms with Crippen molar-refractivity contribution in [3.8, 4) is 0 Å². The zero-order chi connectivity index (χ0) is 13.7. The van der Waals surface area contributed by atoms with Crippen LogP contribution in [0.15, 0.2) is 18.2 Å². The van der Waals surface area contributed by atoms with E-state index in [1.807, 2.05) is 0 Å². The maximum absolute atomic E-state index is 2.73. The third-order valence-corrected chi connectivity index (χ3v) is 5.15. The van der Waals surface area contributed by atoms with Gasteiger partial charge in [0.25, 0.3) is 0 Å². The fourth-order valence-electron chi connectivity index (χ4n) is 4.35. The Bertz CT molecular complexity index is 653. The molecule has 1 aliphatic heterocycles. The predicted octanol–water partition coefficient (Wildman–Crippen LogP) is 4.05. The lowest BCUT2D eigenvalue weighted by Gasteiger charge is -2.39.